The summed E-state index contributed by atoms with van der Waals surface area (Å²) in [7, 11) is 0. The van der Waals surface area contributed by atoms with Crippen LogP contribution in [0, 0.1) is 5.92 Å². The molecule has 1 aromatic heterocycles. The number of nitrogens with zero attached hydrogens (tertiary/aromatic N) is 2. The summed E-state index contributed by atoms with van der Waals surface area (Å²) in [5.74, 6) is 0.125. The zero-order valence-electron chi connectivity index (χ0n) is 10.7. The van der Waals surface area contributed by atoms with Crippen molar-refractivity contribution in [3.63, 3.8) is 0 Å². The Morgan fingerprint density at radius 2 is 2.39 bits per heavy atom. The molecule has 1 aliphatic rings. The van der Waals surface area contributed by atoms with E-state index in [0.717, 1.165) is 38.6 Å². The predicted molar refractivity (Wildman–Crippen MR) is 71.8 cm³/mol. The summed E-state index contributed by atoms with van der Waals surface area (Å²) in [6.45, 7) is 2.78. The van der Waals surface area contributed by atoms with E-state index in [-0.39, 0.29) is 17.7 Å². The van der Waals surface area contributed by atoms with E-state index in [2.05, 4.69) is 12.0 Å². The van der Waals surface area contributed by atoms with Gasteiger partial charge in [0, 0.05) is 18.5 Å². The molecule has 2 unspecified atom stereocenters. The highest BCUT2D eigenvalue weighted by molar-refractivity contribution is 6.33. The molecule has 18 heavy (non-hydrogen) atoms. The second kappa shape index (κ2) is 5.85. The second-order valence-electron chi connectivity index (χ2n) is 5.05. The summed E-state index contributed by atoms with van der Waals surface area (Å²) in [5, 5.41) is 4.64. The van der Waals surface area contributed by atoms with E-state index in [1.54, 1.807) is 10.9 Å². The van der Waals surface area contributed by atoms with Gasteiger partial charge in [0.1, 0.15) is 5.69 Å². The predicted octanol–water partition coefficient (Wildman–Crippen LogP) is 2.65. The summed E-state index contributed by atoms with van der Waals surface area (Å²) in [6.07, 6.45) is 6.23. The molecule has 2 rings (SSSR count). The number of aryl methyl sites for hydroxylation is 1. The molecule has 0 bridgehead atoms. The molecule has 1 aromatic rings. The number of nitrogens with two attached hydrogens (primary N) is 1. The van der Waals surface area contributed by atoms with Crippen molar-refractivity contribution >= 4 is 17.4 Å². The highest BCUT2D eigenvalue weighted by atomic mass is 35.5. The smallest absolute Gasteiger partial charge is 0.185 e. The minimum Gasteiger partial charge on any atom is -0.328 e. The van der Waals surface area contributed by atoms with Crippen LogP contribution >= 0.6 is 11.6 Å². The van der Waals surface area contributed by atoms with Crippen LogP contribution in [0.2, 0.25) is 5.02 Å². The van der Waals surface area contributed by atoms with Crippen molar-refractivity contribution in [2.75, 3.05) is 0 Å². The summed E-state index contributed by atoms with van der Waals surface area (Å²) in [5.41, 5.74) is 6.51. The van der Waals surface area contributed by atoms with Gasteiger partial charge in [-0.25, -0.2) is 0 Å². The molecule has 0 radical (unpaired) electrons. The monoisotopic (exact) mass is 269 g/mol. The van der Waals surface area contributed by atoms with Crippen LogP contribution in [0.15, 0.2) is 6.20 Å². The first-order chi connectivity index (χ1) is 8.63. The summed E-state index contributed by atoms with van der Waals surface area (Å²) >= 11 is 6.10. The summed E-state index contributed by atoms with van der Waals surface area (Å²) < 4.78 is 1.73. The first-order valence-corrected chi connectivity index (χ1v) is 7.02. The van der Waals surface area contributed by atoms with Crippen molar-refractivity contribution in [1.82, 2.24) is 9.78 Å². The van der Waals surface area contributed by atoms with E-state index in [0.29, 0.717) is 10.7 Å². The third-order valence-electron chi connectivity index (χ3n) is 3.55. The average Bonchev–Trinajstić information content (AvgIpc) is 2.70. The first-order valence-electron chi connectivity index (χ1n) is 6.64. The van der Waals surface area contributed by atoms with Crippen molar-refractivity contribution in [3.8, 4) is 0 Å². The lowest BCUT2D eigenvalue weighted by molar-refractivity contribution is 0.0870. The van der Waals surface area contributed by atoms with Gasteiger partial charge in [-0.2, -0.15) is 5.10 Å². The molecule has 5 heteroatoms. The van der Waals surface area contributed by atoms with Crippen molar-refractivity contribution < 1.29 is 4.79 Å². The van der Waals surface area contributed by atoms with Crippen molar-refractivity contribution in [2.45, 2.75) is 51.6 Å². The molecule has 1 aliphatic carbocycles. The molecule has 100 valence electrons. The van der Waals surface area contributed by atoms with Crippen LogP contribution in [-0.4, -0.2) is 21.6 Å². The van der Waals surface area contributed by atoms with Crippen molar-refractivity contribution in [1.29, 1.82) is 0 Å². The zero-order valence-corrected chi connectivity index (χ0v) is 11.5. The fourth-order valence-corrected chi connectivity index (χ4v) is 2.88. The fraction of sp³-hybridized carbons (Fsp3) is 0.692. The molecular weight excluding hydrogens is 250 g/mol. The third-order valence-corrected chi connectivity index (χ3v) is 3.83. The van der Waals surface area contributed by atoms with E-state index in [9.17, 15) is 4.79 Å². The van der Waals surface area contributed by atoms with Gasteiger partial charge in [-0.3, -0.25) is 9.48 Å². The lowest BCUT2D eigenvalue weighted by atomic mass is 9.82. The van der Waals surface area contributed by atoms with Crippen LogP contribution in [0.5, 0.6) is 0 Å². The maximum atomic E-state index is 12.5. The average molecular weight is 270 g/mol. The molecule has 0 amide bonds. The highest BCUT2D eigenvalue weighted by Gasteiger charge is 2.29. The molecule has 1 saturated carbocycles. The van der Waals surface area contributed by atoms with Crippen molar-refractivity contribution in [2.24, 2.45) is 11.7 Å². The molecule has 0 aliphatic heterocycles. The van der Waals surface area contributed by atoms with Crippen LogP contribution in [-0.2, 0) is 6.54 Å². The van der Waals surface area contributed by atoms with Gasteiger partial charge in [0.25, 0.3) is 0 Å². The Labute approximate surface area is 112 Å². The minimum absolute atomic E-state index is 0.0126. The first kappa shape index (κ1) is 13.6. The van der Waals surface area contributed by atoms with Crippen LogP contribution in [0.25, 0.3) is 0 Å². The van der Waals surface area contributed by atoms with Gasteiger partial charge in [-0.05, 0) is 25.7 Å². The molecule has 0 saturated heterocycles. The normalized spacial score (nSPS) is 24.2. The van der Waals surface area contributed by atoms with Gasteiger partial charge >= 0.3 is 0 Å². The van der Waals surface area contributed by atoms with Gasteiger partial charge in [0.2, 0.25) is 0 Å². The number of aromatic nitrogens is 2. The van der Waals surface area contributed by atoms with Crippen LogP contribution in [0.3, 0.4) is 0 Å². The Kier molecular flexibility index (Phi) is 4.40. The molecule has 1 fully saturated rings. The zero-order chi connectivity index (χ0) is 13.1. The van der Waals surface area contributed by atoms with Gasteiger partial charge in [-0.15, -0.1) is 0 Å². The third kappa shape index (κ3) is 2.75. The number of rotatable bonds is 4. The quantitative estimate of drug-likeness (QED) is 0.855. The molecule has 2 atom stereocenters. The fourth-order valence-electron chi connectivity index (χ4n) is 2.65. The second-order valence-corrected chi connectivity index (χ2v) is 5.46. The van der Waals surface area contributed by atoms with Crippen LogP contribution in [0.1, 0.15) is 49.5 Å². The van der Waals surface area contributed by atoms with E-state index >= 15 is 0 Å². The lowest BCUT2D eigenvalue weighted by Gasteiger charge is -2.25. The Morgan fingerprint density at radius 3 is 3.06 bits per heavy atom. The maximum Gasteiger partial charge on any atom is 0.185 e. The molecule has 4 nitrogen and oxygen atoms in total. The van der Waals surface area contributed by atoms with E-state index in [1.165, 1.54) is 0 Å². The SMILES string of the molecule is CCCn1ncc(Cl)c1C(=O)C1CCCC(N)C1. The molecule has 1 heterocycles. The highest BCUT2D eigenvalue weighted by Crippen LogP contribution is 2.29. The Morgan fingerprint density at radius 1 is 1.61 bits per heavy atom. The Hall–Kier alpha value is -0.870. The number of ketones is 1. The lowest BCUT2D eigenvalue weighted by Crippen LogP contribution is -2.32. The number of carbonyl (C=O) groups is 1. The van der Waals surface area contributed by atoms with Gasteiger partial charge in [-0.1, -0.05) is 24.9 Å². The molecular formula is C13H20ClN3O. The van der Waals surface area contributed by atoms with Gasteiger partial charge in [0.05, 0.1) is 11.2 Å². The van der Waals surface area contributed by atoms with Crippen molar-refractivity contribution in [3.05, 3.63) is 16.9 Å². The number of halogens is 1. The summed E-state index contributed by atoms with van der Waals surface area (Å²) in [6, 6.07) is 0.147. The molecule has 0 aromatic carbocycles. The number of Topliss-reactive ketones (excluding diaryl/α,β-unsaturated/α-hetero) is 1. The number of hydrogen-bond acceptors (Lipinski definition) is 3. The summed E-state index contributed by atoms with van der Waals surface area (Å²) in [4.78, 5) is 12.5. The minimum atomic E-state index is 0.0126. The maximum absolute atomic E-state index is 12.5. The molecule has 0 spiro atoms. The number of hydrogen-bond donors (Lipinski definition) is 1. The van der Waals surface area contributed by atoms with E-state index in [4.69, 9.17) is 17.3 Å². The van der Waals surface area contributed by atoms with Crippen LogP contribution in [0.4, 0.5) is 0 Å². The molecule has 2 N–H and O–H groups in total. The van der Waals surface area contributed by atoms with E-state index in [1.807, 2.05) is 0 Å². The largest absolute Gasteiger partial charge is 0.328 e. The Balaban J connectivity index is 2.19. The van der Waals surface area contributed by atoms with Crippen LogP contribution < -0.4 is 5.73 Å². The Bertz CT molecular complexity index is 430. The topological polar surface area (TPSA) is 60.9 Å². The number of carbonyl (C=O) groups excluding carboxylic acids is 1. The van der Waals surface area contributed by atoms with Gasteiger partial charge in [0.15, 0.2) is 5.78 Å². The van der Waals surface area contributed by atoms with E-state index < -0.39 is 0 Å². The van der Waals surface area contributed by atoms with Gasteiger partial charge < -0.3 is 5.73 Å². The standard InChI is InChI=1S/C13H20ClN3O/c1-2-6-17-12(11(14)8-16-17)13(18)9-4-3-5-10(15)7-9/h8-10H,2-7,15H2,1H3.